The monoisotopic (exact) mass is 603 g/mol. The summed E-state index contributed by atoms with van der Waals surface area (Å²) in [6.45, 7) is 4.04. The van der Waals surface area contributed by atoms with Crippen LogP contribution in [-0.2, 0) is 0 Å². The average molecular weight is 604 g/mol. The minimum Gasteiger partial charge on any atom is -0.507 e. The third-order valence-electron chi connectivity index (χ3n) is 8.36. The van der Waals surface area contributed by atoms with Gasteiger partial charge in [0.05, 0.1) is 28.8 Å². The second kappa shape index (κ2) is 11.3. The number of allylic oxidation sites excluding steroid dienone is 2. The lowest BCUT2D eigenvalue weighted by Crippen LogP contribution is -2.62. The molecule has 5 atom stereocenters. The average Bonchev–Trinajstić information content (AvgIpc) is 3.01. The number of anilines is 3. The van der Waals surface area contributed by atoms with Crippen molar-refractivity contribution in [1.82, 2.24) is 0 Å². The first-order valence-corrected chi connectivity index (χ1v) is 14.4. The molecule has 226 valence electrons. The van der Waals surface area contributed by atoms with E-state index in [-0.39, 0.29) is 39.2 Å². The summed E-state index contributed by atoms with van der Waals surface area (Å²) in [5.74, 6) is 7.29. The summed E-state index contributed by atoms with van der Waals surface area (Å²) in [6.07, 6.45) is -0.119. The Balaban J connectivity index is 1.42. The largest absolute Gasteiger partial charge is 0.507 e. The summed E-state index contributed by atoms with van der Waals surface area (Å²) in [6, 6.07) is 11.2. The SMILES string of the molecule is CCNc1ccc(C(=O)Nc2ccc3c(c2)C(=O)c2c(O)cc4c(c2C3=O)NC2C#C/C=C\C#CC(O)C4[C@]2(O)C(C)O)cc1. The fourth-order valence-electron chi connectivity index (χ4n) is 6.17. The van der Waals surface area contributed by atoms with Gasteiger partial charge in [-0.1, -0.05) is 23.7 Å². The van der Waals surface area contributed by atoms with Crippen LogP contribution in [0.3, 0.4) is 0 Å². The van der Waals surface area contributed by atoms with Gasteiger partial charge in [-0.2, -0.15) is 0 Å². The molecule has 0 saturated carbocycles. The van der Waals surface area contributed by atoms with E-state index in [0.717, 1.165) is 12.2 Å². The van der Waals surface area contributed by atoms with Gasteiger partial charge in [0.25, 0.3) is 5.91 Å². The Labute approximate surface area is 258 Å². The van der Waals surface area contributed by atoms with E-state index in [2.05, 4.69) is 39.6 Å². The quantitative estimate of drug-likeness (QED) is 0.134. The first-order valence-electron chi connectivity index (χ1n) is 14.4. The number of rotatable bonds is 5. The van der Waals surface area contributed by atoms with Gasteiger partial charge in [-0.15, -0.1) is 0 Å². The molecule has 0 saturated heterocycles. The third kappa shape index (κ3) is 4.82. The lowest BCUT2D eigenvalue weighted by Gasteiger charge is -2.48. The summed E-state index contributed by atoms with van der Waals surface area (Å²) >= 11 is 0. The van der Waals surface area contributed by atoms with Gasteiger partial charge in [-0.05, 0) is 80.1 Å². The molecule has 3 aromatic carbocycles. The fraction of sp³-hybridized carbons (Fsp3) is 0.229. The molecule has 3 aromatic rings. The molecule has 1 amide bonds. The molecule has 3 aliphatic rings. The van der Waals surface area contributed by atoms with Gasteiger partial charge in [-0.3, -0.25) is 14.4 Å². The van der Waals surface area contributed by atoms with Crippen molar-refractivity contribution in [3.8, 4) is 29.4 Å². The molecule has 1 aliphatic heterocycles. The van der Waals surface area contributed by atoms with Crippen LogP contribution in [0.4, 0.5) is 17.1 Å². The van der Waals surface area contributed by atoms with Crippen molar-refractivity contribution in [2.45, 2.75) is 43.6 Å². The highest BCUT2D eigenvalue weighted by Crippen LogP contribution is 2.50. The van der Waals surface area contributed by atoms with Gasteiger partial charge in [0, 0.05) is 34.6 Å². The Hall–Kier alpha value is -5.39. The zero-order chi connectivity index (χ0) is 32.0. The third-order valence-corrected chi connectivity index (χ3v) is 8.36. The van der Waals surface area contributed by atoms with Gasteiger partial charge in [-0.25, -0.2) is 0 Å². The molecule has 1 heterocycles. The molecule has 0 radical (unpaired) electrons. The number of carbonyl (C=O) groups is 3. The Kier molecular flexibility index (Phi) is 7.43. The number of nitrogens with one attached hydrogen (secondary N) is 3. The van der Waals surface area contributed by atoms with Crippen molar-refractivity contribution in [3.63, 3.8) is 0 Å². The minimum absolute atomic E-state index is 0.0160. The molecule has 0 aromatic heterocycles. The van der Waals surface area contributed by atoms with Crippen molar-refractivity contribution in [2.24, 2.45) is 0 Å². The first kappa shape index (κ1) is 29.7. The van der Waals surface area contributed by atoms with Crippen molar-refractivity contribution >= 4 is 34.5 Å². The van der Waals surface area contributed by atoms with Crippen LogP contribution in [-0.4, -0.2) is 68.3 Å². The van der Waals surface area contributed by atoms with Crippen LogP contribution in [0, 0.1) is 23.7 Å². The predicted molar refractivity (Wildman–Crippen MR) is 167 cm³/mol. The standard InChI is InChI=1S/C35H29N3O7/c1-3-36-20-12-10-19(11-13-20)34(44)37-21-14-15-22-23(16-21)33(43)28-26(41)17-24-30-25(40)8-6-4-5-7-9-27(35(30,45)18(2)39)38-31(24)29(28)32(22)42/h4-5,10-18,25,27,30,36,38-41,45H,3H2,1-2H3,(H,37,44)/b5-4-/t18?,25?,27?,30?,35-/m0/s1. The van der Waals surface area contributed by atoms with Crippen LogP contribution in [0.15, 0.2) is 60.7 Å². The van der Waals surface area contributed by atoms with Crippen LogP contribution in [0.5, 0.6) is 5.75 Å². The van der Waals surface area contributed by atoms with Crippen molar-refractivity contribution in [2.75, 3.05) is 22.5 Å². The molecule has 10 heteroatoms. The molecule has 0 fully saturated rings. The first-order chi connectivity index (χ1) is 21.6. The Morgan fingerprint density at radius 1 is 0.978 bits per heavy atom. The molecule has 45 heavy (non-hydrogen) atoms. The number of carbonyl (C=O) groups excluding carboxylic acids is 3. The summed E-state index contributed by atoms with van der Waals surface area (Å²) in [4.78, 5) is 40.8. The number of phenolic OH excluding ortho intramolecular Hbond substituents is 1. The van der Waals surface area contributed by atoms with E-state index < -0.39 is 53.0 Å². The van der Waals surface area contributed by atoms with Crippen LogP contribution in [0.1, 0.15) is 67.5 Å². The molecule has 0 spiro atoms. The van der Waals surface area contributed by atoms with Gasteiger partial charge in [0.2, 0.25) is 0 Å². The summed E-state index contributed by atoms with van der Waals surface area (Å²) in [5, 5.41) is 53.8. The topological polar surface area (TPSA) is 168 Å². The number of hydrogen-bond acceptors (Lipinski definition) is 9. The maximum absolute atomic E-state index is 14.0. The second-order valence-corrected chi connectivity index (χ2v) is 11.1. The lowest BCUT2D eigenvalue weighted by molar-refractivity contribution is -0.107. The van der Waals surface area contributed by atoms with Gasteiger partial charge in [0.1, 0.15) is 23.5 Å². The minimum atomic E-state index is -2.10. The normalized spacial score (nSPS) is 23.7. The number of benzene rings is 3. The number of amides is 1. The number of hydrogen-bond donors (Lipinski definition) is 7. The fourth-order valence-corrected chi connectivity index (χ4v) is 6.17. The maximum atomic E-state index is 14.0. The molecular formula is C35H29N3O7. The van der Waals surface area contributed by atoms with Crippen molar-refractivity contribution in [1.29, 1.82) is 0 Å². The highest BCUT2D eigenvalue weighted by atomic mass is 16.3. The Morgan fingerprint density at radius 2 is 1.64 bits per heavy atom. The molecular weight excluding hydrogens is 574 g/mol. The second-order valence-electron chi connectivity index (χ2n) is 11.1. The number of phenols is 1. The summed E-state index contributed by atoms with van der Waals surface area (Å²) < 4.78 is 0. The van der Waals surface area contributed by atoms with Gasteiger partial charge in [0.15, 0.2) is 11.6 Å². The van der Waals surface area contributed by atoms with Crippen molar-refractivity contribution < 1.29 is 34.8 Å². The maximum Gasteiger partial charge on any atom is 0.255 e. The molecule has 6 rings (SSSR count). The number of aliphatic hydroxyl groups is 3. The van der Waals surface area contributed by atoms with E-state index in [0.29, 0.717) is 5.56 Å². The van der Waals surface area contributed by atoms with Crippen LogP contribution in [0.25, 0.3) is 0 Å². The number of fused-ring (bicyclic) bond motifs is 7. The van der Waals surface area contributed by atoms with Gasteiger partial charge < -0.3 is 36.4 Å². The Morgan fingerprint density at radius 3 is 2.33 bits per heavy atom. The van der Waals surface area contributed by atoms with Gasteiger partial charge >= 0.3 is 0 Å². The van der Waals surface area contributed by atoms with E-state index in [9.17, 15) is 34.8 Å². The zero-order valence-electron chi connectivity index (χ0n) is 24.3. The van der Waals surface area contributed by atoms with Crippen LogP contribution in [0.2, 0.25) is 0 Å². The number of aromatic hydroxyl groups is 1. The predicted octanol–water partition coefficient (Wildman–Crippen LogP) is 2.78. The molecule has 4 unspecified atom stereocenters. The molecule has 7 N–H and O–H groups in total. The van der Waals surface area contributed by atoms with E-state index in [1.165, 1.54) is 43.3 Å². The zero-order valence-corrected chi connectivity index (χ0v) is 24.3. The molecule has 2 bridgehead atoms. The van der Waals surface area contributed by atoms with E-state index >= 15 is 0 Å². The smallest absolute Gasteiger partial charge is 0.255 e. The van der Waals surface area contributed by atoms with E-state index in [1.807, 2.05) is 6.92 Å². The van der Waals surface area contributed by atoms with Crippen LogP contribution >= 0.6 is 0 Å². The van der Waals surface area contributed by atoms with E-state index in [4.69, 9.17) is 0 Å². The summed E-state index contributed by atoms with van der Waals surface area (Å²) in [5.41, 5.74) is -0.797. The lowest BCUT2D eigenvalue weighted by atomic mass is 9.66. The number of ketones is 2. The highest BCUT2D eigenvalue weighted by Gasteiger charge is 2.56. The summed E-state index contributed by atoms with van der Waals surface area (Å²) in [7, 11) is 0. The Bertz CT molecular complexity index is 1920. The molecule has 10 nitrogen and oxygen atoms in total. The number of aliphatic hydroxyl groups excluding tert-OH is 2. The van der Waals surface area contributed by atoms with Crippen LogP contribution < -0.4 is 16.0 Å². The van der Waals surface area contributed by atoms with E-state index in [1.54, 1.807) is 24.3 Å². The highest BCUT2D eigenvalue weighted by molar-refractivity contribution is 6.31. The molecule has 2 aliphatic carbocycles. The van der Waals surface area contributed by atoms with Crippen molar-refractivity contribution in [3.05, 3.63) is 94.1 Å².